The van der Waals surface area contributed by atoms with Crippen LogP contribution in [0, 0.1) is 6.92 Å². The fraction of sp³-hybridized carbons (Fsp3) is 0.176. The number of benzene rings is 2. The van der Waals surface area contributed by atoms with Gasteiger partial charge in [-0.15, -0.1) is 0 Å². The second kappa shape index (κ2) is 7.35. The molecule has 0 aromatic heterocycles. The van der Waals surface area contributed by atoms with Crippen LogP contribution in [0.25, 0.3) is 0 Å². The minimum Gasteiger partial charge on any atom is -0.465 e. The molecule has 0 saturated carbocycles. The Morgan fingerprint density at radius 1 is 1.04 bits per heavy atom. The number of hydrogen-bond donors (Lipinski definition) is 2. The van der Waals surface area contributed by atoms with Crippen LogP contribution in [0.1, 0.15) is 26.3 Å². The van der Waals surface area contributed by atoms with Crippen LogP contribution in [0.2, 0.25) is 0 Å². The Morgan fingerprint density at radius 2 is 1.72 bits per heavy atom. The number of ether oxygens (including phenoxy) is 1. The number of hydrogen-bond acceptors (Lipinski definition) is 5. The molecule has 2 aromatic carbocycles. The molecule has 2 N–H and O–H groups in total. The SMILES string of the molecule is COC(=O)c1ccccc1NC(=O)c1ccc(NS(C)(=O)=O)c(C)c1. The lowest BCUT2D eigenvalue weighted by Crippen LogP contribution is -2.16. The van der Waals surface area contributed by atoms with Crippen LogP contribution < -0.4 is 10.0 Å². The quantitative estimate of drug-likeness (QED) is 0.795. The van der Waals surface area contributed by atoms with Crippen molar-refractivity contribution in [2.45, 2.75) is 6.92 Å². The number of esters is 1. The Kier molecular flexibility index (Phi) is 5.43. The molecule has 0 atom stereocenters. The number of rotatable bonds is 5. The fourth-order valence-electron chi connectivity index (χ4n) is 2.19. The minimum atomic E-state index is -3.40. The van der Waals surface area contributed by atoms with Crippen molar-refractivity contribution >= 4 is 33.3 Å². The zero-order valence-electron chi connectivity index (χ0n) is 14.0. The van der Waals surface area contributed by atoms with Crippen molar-refractivity contribution < 1.29 is 22.7 Å². The van der Waals surface area contributed by atoms with Gasteiger partial charge in [-0.3, -0.25) is 9.52 Å². The molecule has 8 heteroatoms. The summed E-state index contributed by atoms with van der Waals surface area (Å²) >= 11 is 0. The molecular weight excluding hydrogens is 344 g/mol. The van der Waals surface area contributed by atoms with Gasteiger partial charge < -0.3 is 10.1 Å². The summed E-state index contributed by atoms with van der Waals surface area (Å²) in [4.78, 5) is 24.2. The topological polar surface area (TPSA) is 102 Å². The number of sulfonamides is 1. The summed E-state index contributed by atoms with van der Waals surface area (Å²) in [6.45, 7) is 1.69. The highest BCUT2D eigenvalue weighted by molar-refractivity contribution is 7.92. The van der Waals surface area contributed by atoms with E-state index in [9.17, 15) is 18.0 Å². The van der Waals surface area contributed by atoms with Crippen LogP contribution in [0.4, 0.5) is 11.4 Å². The van der Waals surface area contributed by atoms with Crippen LogP contribution in [0.5, 0.6) is 0 Å². The normalized spacial score (nSPS) is 10.8. The summed E-state index contributed by atoms with van der Waals surface area (Å²) in [5.74, 6) is -0.981. The van der Waals surface area contributed by atoms with Crippen molar-refractivity contribution in [2.24, 2.45) is 0 Å². The third-order valence-corrected chi connectivity index (χ3v) is 3.96. The smallest absolute Gasteiger partial charge is 0.339 e. The molecule has 0 bridgehead atoms. The van der Waals surface area contributed by atoms with E-state index in [4.69, 9.17) is 4.74 Å². The highest BCUT2D eigenvalue weighted by Crippen LogP contribution is 2.20. The van der Waals surface area contributed by atoms with Gasteiger partial charge in [0.15, 0.2) is 0 Å². The molecule has 1 amide bonds. The molecule has 0 fully saturated rings. The predicted molar refractivity (Wildman–Crippen MR) is 95.4 cm³/mol. The molecule has 7 nitrogen and oxygen atoms in total. The van der Waals surface area contributed by atoms with Crippen molar-refractivity contribution in [3.63, 3.8) is 0 Å². The molecule has 0 aliphatic rings. The number of amides is 1. The van der Waals surface area contributed by atoms with Gasteiger partial charge in [0, 0.05) is 5.56 Å². The van der Waals surface area contributed by atoms with E-state index in [0.717, 1.165) is 6.26 Å². The number of carbonyl (C=O) groups excluding carboxylic acids is 2. The first-order chi connectivity index (χ1) is 11.7. The summed E-state index contributed by atoms with van der Waals surface area (Å²) < 4.78 is 29.7. The number of aryl methyl sites for hydroxylation is 1. The average molecular weight is 362 g/mol. The van der Waals surface area contributed by atoms with Crippen molar-refractivity contribution in [2.75, 3.05) is 23.4 Å². The summed E-state index contributed by atoms with van der Waals surface area (Å²) in [5, 5.41) is 2.66. The Bertz CT molecular complexity index is 922. The van der Waals surface area contributed by atoms with E-state index in [-0.39, 0.29) is 5.56 Å². The lowest BCUT2D eigenvalue weighted by atomic mass is 10.1. The largest absolute Gasteiger partial charge is 0.465 e. The molecule has 132 valence electrons. The monoisotopic (exact) mass is 362 g/mol. The molecule has 0 unspecified atom stereocenters. The fourth-order valence-corrected chi connectivity index (χ4v) is 2.82. The highest BCUT2D eigenvalue weighted by Gasteiger charge is 2.15. The molecule has 0 aliphatic carbocycles. The Balaban J connectivity index is 2.25. The standard InChI is InChI=1S/C17H18N2O5S/c1-11-10-12(8-9-14(11)19-25(3,22)23)16(20)18-15-7-5-4-6-13(15)17(21)24-2/h4-10,19H,1-3H3,(H,18,20). The van der Waals surface area contributed by atoms with Gasteiger partial charge in [0.05, 0.1) is 30.3 Å². The zero-order chi connectivity index (χ0) is 18.6. The van der Waals surface area contributed by atoms with Crippen molar-refractivity contribution in [3.8, 4) is 0 Å². The van der Waals surface area contributed by atoms with Gasteiger partial charge in [-0.2, -0.15) is 0 Å². The van der Waals surface area contributed by atoms with E-state index in [2.05, 4.69) is 10.0 Å². The van der Waals surface area contributed by atoms with Gasteiger partial charge in [-0.05, 0) is 42.8 Å². The highest BCUT2D eigenvalue weighted by atomic mass is 32.2. The minimum absolute atomic E-state index is 0.241. The first kappa shape index (κ1) is 18.5. The molecule has 0 radical (unpaired) electrons. The maximum Gasteiger partial charge on any atom is 0.339 e. The van der Waals surface area contributed by atoms with Gasteiger partial charge in [0.2, 0.25) is 10.0 Å². The van der Waals surface area contributed by atoms with Gasteiger partial charge in [0.1, 0.15) is 0 Å². The zero-order valence-corrected chi connectivity index (χ0v) is 14.8. The third-order valence-electron chi connectivity index (χ3n) is 3.36. The molecular formula is C17H18N2O5S. The summed E-state index contributed by atoms with van der Waals surface area (Å²) in [5.41, 5.74) is 1.89. The maximum absolute atomic E-state index is 12.4. The Hall–Kier alpha value is -2.87. The van der Waals surface area contributed by atoms with E-state index in [1.165, 1.54) is 19.2 Å². The summed E-state index contributed by atoms with van der Waals surface area (Å²) in [7, 11) is -2.14. The molecule has 0 aliphatic heterocycles. The van der Waals surface area contributed by atoms with E-state index in [1.54, 1.807) is 37.3 Å². The van der Waals surface area contributed by atoms with Gasteiger partial charge in [-0.25, -0.2) is 13.2 Å². The average Bonchev–Trinajstić information content (AvgIpc) is 2.55. The van der Waals surface area contributed by atoms with E-state index >= 15 is 0 Å². The lowest BCUT2D eigenvalue weighted by Gasteiger charge is -2.12. The predicted octanol–water partition coefficient (Wildman–Crippen LogP) is 2.41. The number of nitrogens with one attached hydrogen (secondary N) is 2. The molecule has 25 heavy (non-hydrogen) atoms. The first-order valence-corrected chi connectivity index (χ1v) is 9.17. The molecule has 2 aromatic rings. The number of anilines is 2. The van der Waals surface area contributed by atoms with Gasteiger partial charge in [0.25, 0.3) is 5.91 Å². The third kappa shape index (κ3) is 4.80. The van der Waals surface area contributed by atoms with Crippen LogP contribution >= 0.6 is 0 Å². The number of methoxy groups -OCH3 is 1. The lowest BCUT2D eigenvalue weighted by molar-refractivity contribution is 0.0602. The summed E-state index contributed by atoms with van der Waals surface area (Å²) in [6.07, 6.45) is 1.05. The van der Waals surface area contributed by atoms with Crippen LogP contribution in [-0.2, 0) is 14.8 Å². The van der Waals surface area contributed by atoms with Gasteiger partial charge in [-0.1, -0.05) is 12.1 Å². The number of carbonyl (C=O) groups is 2. The summed E-state index contributed by atoms with van der Waals surface area (Å²) in [6, 6.07) is 11.1. The number of para-hydroxylation sites is 1. The Labute approximate surface area is 146 Å². The molecule has 2 rings (SSSR count). The van der Waals surface area contributed by atoms with Gasteiger partial charge >= 0.3 is 5.97 Å². The Morgan fingerprint density at radius 3 is 2.32 bits per heavy atom. The van der Waals surface area contributed by atoms with E-state index in [1.807, 2.05) is 0 Å². The van der Waals surface area contributed by atoms with E-state index in [0.29, 0.717) is 22.5 Å². The van der Waals surface area contributed by atoms with E-state index < -0.39 is 21.9 Å². The van der Waals surface area contributed by atoms with Crippen molar-refractivity contribution in [3.05, 3.63) is 59.2 Å². The van der Waals surface area contributed by atoms with Crippen LogP contribution in [-0.4, -0.2) is 33.7 Å². The molecule has 0 heterocycles. The van der Waals surface area contributed by atoms with Crippen molar-refractivity contribution in [1.82, 2.24) is 0 Å². The molecule has 0 spiro atoms. The van der Waals surface area contributed by atoms with Crippen molar-refractivity contribution in [1.29, 1.82) is 0 Å². The second-order valence-corrected chi connectivity index (χ2v) is 7.14. The first-order valence-electron chi connectivity index (χ1n) is 7.28. The van der Waals surface area contributed by atoms with Crippen LogP contribution in [0.15, 0.2) is 42.5 Å². The second-order valence-electron chi connectivity index (χ2n) is 5.40. The molecule has 0 saturated heterocycles. The van der Waals surface area contributed by atoms with Crippen LogP contribution in [0.3, 0.4) is 0 Å². The maximum atomic E-state index is 12.4.